The molecule has 0 aliphatic rings. The molecule has 0 heterocycles. The minimum atomic E-state index is -0.476. The van der Waals surface area contributed by atoms with Gasteiger partial charge in [-0.2, -0.15) is 5.26 Å². The third-order valence-corrected chi connectivity index (χ3v) is 3.48. The molecule has 0 amide bonds. The number of benzene rings is 1. The van der Waals surface area contributed by atoms with Crippen molar-refractivity contribution in [3.63, 3.8) is 0 Å². The van der Waals surface area contributed by atoms with Crippen molar-refractivity contribution in [1.82, 2.24) is 0 Å². The predicted octanol–water partition coefficient (Wildman–Crippen LogP) is 5.22. The Balaban J connectivity index is 2.95. The molecule has 0 saturated carbocycles. The summed E-state index contributed by atoms with van der Waals surface area (Å²) in [6, 6.07) is 10.5. The molecule has 0 atom stereocenters. The summed E-state index contributed by atoms with van der Waals surface area (Å²) in [5.41, 5.74) is 0.530. The van der Waals surface area contributed by atoms with Crippen LogP contribution in [0.15, 0.2) is 28.7 Å². The minimum Gasteiger partial charge on any atom is -0.367 e. The highest BCUT2D eigenvalue weighted by atomic mass is 79.9. The molecule has 0 aromatic heterocycles. The molecule has 0 unspecified atom stereocenters. The maximum absolute atomic E-state index is 9.67. The van der Waals surface area contributed by atoms with Gasteiger partial charge in [0.15, 0.2) is 0 Å². The first-order valence-electron chi connectivity index (χ1n) is 6.82. The van der Waals surface area contributed by atoms with Crippen molar-refractivity contribution >= 4 is 21.6 Å². The molecule has 0 radical (unpaired) electrons. The van der Waals surface area contributed by atoms with Crippen LogP contribution in [0.1, 0.15) is 40.5 Å². The van der Waals surface area contributed by atoms with E-state index in [1.54, 1.807) is 0 Å². The number of rotatable bonds is 6. The highest BCUT2D eigenvalue weighted by Gasteiger charge is 2.31. The lowest BCUT2D eigenvalue weighted by molar-refractivity contribution is 0.376. The number of nitrogens with zero attached hydrogens (tertiary/aromatic N) is 1. The highest BCUT2D eigenvalue weighted by molar-refractivity contribution is 9.10. The molecule has 0 fully saturated rings. The van der Waals surface area contributed by atoms with E-state index in [-0.39, 0.29) is 0 Å². The molecule has 2 nitrogen and oxygen atoms in total. The van der Waals surface area contributed by atoms with Gasteiger partial charge in [-0.05, 0) is 48.9 Å². The molecule has 104 valence electrons. The van der Waals surface area contributed by atoms with E-state index in [0.29, 0.717) is 11.8 Å². The smallest absolute Gasteiger partial charge is 0.125 e. The lowest BCUT2D eigenvalue weighted by Crippen LogP contribution is -2.39. The quantitative estimate of drug-likeness (QED) is 0.779. The molecule has 1 rings (SSSR count). The summed E-state index contributed by atoms with van der Waals surface area (Å²) in [7, 11) is 0. The number of halogens is 1. The Hall–Kier alpha value is -1.01. The average Bonchev–Trinajstić information content (AvgIpc) is 2.30. The summed E-state index contributed by atoms with van der Waals surface area (Å²) in [5, 5.41) is 13.1. The van der Waals surface area contributed by atoms with E-state index < -0.39 is 5.54 Å². The van der Waals surface area contributed by atoms with E-state index in [9.17, 15) is 5.26 Å². The minimum absolute atomic E-state index is 0.476. The number of hydrogen-bond acceptors (Lipinski definition) is 2. The fourth-order valence-corrected chi connectivity index (χ4v) is 2.77. The number of hydrogen-bond donors (Lipinski definition) is 1. The summed E-state index contributed by atoms with van der Waals surface area (Å²) >= 11 is 3.43. The topological polar surface area (TPSA) is 35.8 Å². The third kappa shape index (κ3) is 5.24. The van der Waals surface area contributed by atoms with Gasteiger partial charge < -0.3 is 5.32 Å². The Kier molecular flexibility index (Phi) is 5.87. The molecule has 1 aromatic rings. The molecule has 0 bridgehead atoms. The first-order chi connectivity index (χ1) is 8.87. The normalized spacial score (nSPS) is 11.7. The van der Waals surface area contributed by atoms with Crippen molar-refractivity contribution in [2.24, 2.45) is 11.8 Å². The number of anilines is 1. The predicted molar refractivity (Wildman–Crippen MR) is 85.0 cm³/mol. The Bertz CT molecular complexity index is 419. The molecular formula is C16H23BrN2. The summed E-state index contributed by atoms with van der Waals surface area (Å²) in [5.74, 6) is 0.975. The molecule has 3 heteroatoms. The zero-order chi connectivity index (χ0) is 14.5. The van der Waals surface area contributed by atoms with E-state index in [2.05, 4.69) is 55.0 Å². The molecule has 0 aliphatic heterocycles. The van der Waals surface area contributed by atoms with Gasteiger partial charge in [-0.15, -0.1) is 0 Å². The van der Waals surface area contributed by atoms with Crippen LogP contribution in [-0.2, 0) is 0 Å². The largest absolute Gasteiger partial charge is 0.367 e. The van der Waals surface area contributed by atoms with Crippen LogP contribution >= 0.6 is 15.9 Å². The fraction of sp³-hybridized carbons (Fsp3) is 0.562. The zero-order valence-electron chi connectivity index (χ0n) is 12.2. The van der Waals surface area contributed by atoms with Gasteiger partial charge in [0.25, 0.3) is 0 Å². The summed E-state index contributed by atoms with van der Waals surface area (Å²) in [6.45, 7) is 8.65. The third-order valence-electron chi connectivity index (χ3n) is 2.96. The van der Waals surface area contributed by atoms with E-state index in [4.69, 9.17) is 0 Å². The van der Waals surface area contributed by atoms with Gasteiger partial charge in [0.05, 0.1) is 6.07 Å². The van der Waals surface area contributed by atoms with E-state index in [0.717, 1.165) is 23.0 Å². The van der Waals surface area contributed by atoms with Gasteiger partial charge in [-0.3, -0.25) is 0 Å². The van der Waals surface area contributed by atoms with Gasteiger partial charge in [-0.1, -0.05) is 43.6 Å². The van der Waals surface area contributed by atoms with Gasteiger partial charge in [0, 0.05) is 10.2 Å². The van der Waals surface area contributed by atoms with Crippen molar-refractivity contribution in [2.45, 2.75) is 46.1 Å². The fourth-order valence-electron chi connectivity index (χ4n) is 2.51. The van der Waals surface area contributed by atoms with Gasteiger partial charge in [0.2, 0.25) is 0 Å². The lowest BCUT2D eigenvalue weighted by Gasteiger charge is -2.32. The highest BCUT2D eigenvalue weighted by Crippen LogP contribution is 2.29. The zero-order valence-corrected chi connectivity index (χ0v) is 13.8. The first-order valence-corrected chi connectivity index (χ1v) is 7.61. The Morgan fingerprint density at radius 3 is 1.95 bits per heavy atom. The molecule has 0 aliphatic carbocycles. The number of nitriles is 1. The lowest BCUT2D eigenvalue weighted by atomic mass is 9.82. The van der Waals surface area contributed by atoms with Crippen LogP contribution in [-0.4, -0.2) is 5.54 Å². The second-order valence-electron chi connectivity index (χ2n) is 6.02. The molecule has 1 aromatic carbocycles. The first kappa shape index (κ1) is 16.0. The summed E-state index contributed by atoms with van der Waals surface area (Å²) in [6.07, 6.45) is 1.72. The summed E-state index contributed by atoms with van der Waals surface area (Å²) in [4.78, 5) is 0. The van der Waals surface area contributed by atoms with Crippen LogP contribution in [0.2, 0.25) is 0 Å². The van der Waals surface area contributed by atoms with Crippen molar-refractivity contribution in [3.05, 3.63) is 28.7 Å². The van der Waals surface area contributed by atoms with Crippen LogP contribution in [0.3, 0.4) is 0 Å². The van der Waals surface area contributed by atoms with E-state index >= 15 is 0 Å². The van der Waals surface area contributed by atoms with Crippen LogP contribution in [0.4, 0.5) is 5.69 Å². The number of nitrogens with one attached hydrogen (secondary N) is 1. The van der Waals surface area contributed by atoms with Gasteiger partial charge >= 0.3 is 0 Å². The SMILES string of the molecule is CC(C)CC(C#N)(CC(C)C)Nc1ccc(Br)cc1. The van der Waals surface area contributed by atoms with Gasteiger partial charge in [-0.25, -0.2) is 0 Å². The maximum atomic E-state index is 9.67. The van der Waals surface area contributed by atoms with E-state index in [1.165, 1.54) is 0 Å². The Morgan fingerprint density at radius 1 is 1.11 bits per heavy atom. The molecular weight excluding hydrogens is 300 g/mol. The average molecular weight is 323 g/mol. The molecule has 19 heavy (non-hydrogen) atoms. The standard InChI is InChI=1S/C16H23BrN2/c1-12(2)9-16(11-18,10-13(3)4)19-15-7-5-14(17)6-8-15/h5-8,12-13,19H,9-10H2,1-4H3. The monoisotopic (exact) mass is 322 g/mol. The Morgan fingerprint density at radius 2 is 1.58 bits per heavy atom. The maximum Gasteiger partial charge on any atom is 0.125 e. The van der Waals surface area contributed by atoms with Crippen LogP contribution < -0.4 is 5.32 Å². The van der Waals surface area contributed by atoms with Crippen LogP contribution in [0, 0.1) is 23.2 Å². The Labute approximate surface area is 125 Å². The van der Waals surface area contributed by atoms with Crippen LogP contribution in [0.25, 0.3) is 0 Å². The molecule has 1 N–H and O–H groups in total. The van der Waals surface area contributed by atoms with Crippen LogP contribution in [0.5, 0.6) is 0 Å². The summed E-state index contributed by atoms with van der Waals surface area (Å²) < 4.78 is 1.05. The molecule has 0 spiro atoms. The van der Waals surface area contributed by atoms with E-state index in [1.807, 2.05) is 24.3 Å². The second-order valence-corrected chi connectivity index (χ2v) is 6.94. The van der Waals surface area contributed by atoms with Crippen molar-refractivity contribution in [2.75, 3.05) is 5.32 Å². The van der Waals surface area contributed by atoms with Crippen molar-refractivity contribution in [1.29, 1.82) is 5.26 Å². The van der Waals surface area contributed by atoms with Gasteiger partial charge in [0.1, 0.15) is 5.54 Å². The van der Waals surface area contributed by atoms with Crippen molar-refractivity contribution < 1.29 is 0 Å². The van der Waals surface area contributed by atoms with Crippen molar-refractivity contribution in [3.8, 4) is 6.07 Å². The molecule has 0 saturated heterocycles. The second kappa shape index (κ2) is 6.96.